The van der Waals surface area contributed by atoms with E-state index in [1.807, 2.05) is 0 Å². The van der Waals surface area contributed by atoms with Crippen molar-refractivity contribution >= 4 is 5.91 Å². The molecular formula is C18H26N2O2. The van der Waals surface area contributed by atoms with Crippen molar-refractivity contribution < 1.29 is 9.53 Å². The Kier molecular flexibility index (Phi) is 4.79. The van der Waals surface area contributed by atoms with Gasteiger partial charge in [-0.1, -0.05) is 31.2 Å². The molecule has 1 heterocycles. The van der Waals surface area contributed by atoms with E-state index in [0.717, 1.165) is 38.6 Å². The fourth-order valence-corrected chi connectivity index (χ4v) is 3.76. The van der Waals surface area contributed by atoms with Crippen LogP contribution < -0.4 is 5.73 Å². The molecule has 0 spiro atoms. The Bertz CT molecular complexity index is 532. The molecule has 2 aliphatic rings. The number of amides is 1. The summed E-state index contributed by atoms with van der Waals surface area (Å²) in [6, 6.07) is 8.72. The molecule has 0 aromatic heterocycles. The van der Waals surface area contributed by atoms with E-state index in [0.29, 0.717) is 6.54 Å². The van der Waals surface area contributed by atoms with Gasteiger partial charge in [-0.25, -0.2) is 0 Å². The Balaban J connectivity index is 1.77. The highest BCUT2D eigenvalue weighted by Crippen LogP contribution is 2.37. The molecule has 1 aromatic carbocycles. The van der Waals surface area contributed by atoms with Gasteiger partial charge < -0.3 is 15.4 Å². The number of nitrogens with two attached hydrogens (primary N) is 1. The minimum Gasteiger partial charge on any atom is -0.364 e. The fraction of sp³-hybridized carbons (Fsp3) is 0.611. The molecular weight excluding hydrogens is 276 g/mol. The third-order valence-corrected chi connectivity index (χ3v) is 4.87. The van der Waals surface area contributed by atoms with Crippen molar-refractivity contribution in [1.82, 2.24) is 4.90 Å². The first-order valence-electron chi connectivity index (χ1n) is 8.48. The largest absolute Gasteiger partial charge is 0.364 e. The highest BCUT2D eigenvalue weighted by Gasteiger charge is 2.37. The number of nitrogens with zero attached hydrogens (tertiary/aromatic N) is 1. The molecule has 2 N–H and O–H groups in total. The summed E-state index contributed by atoms with van der Waals surface area (Å²) in [5.74, 6) is 0.152. The average molecular weight is 302 g/mol. The topological polar surface area (TPSA) is 55.6 Å². The van der Waals surface area contributed by atoms with Crippen molar-refractivity contribution in [2.45, 2.75) is 57.3 Å². The molecule has 1 unspecified atom stereocenters. The van der Waals surface area contributed by atoms with E-state index in [4.69, 9.17) is 10.5 Å². The number of benzene rings is 1. The first kappa shape index (κ1) is 15.5. The van der Waals surface area contributed by atoms with Gasteiger partial charge in [0, 0.05) is 13.1 Å². The molecule has 22 heavy (non-hydrogen) atoms. The van der Waals surface area contributed by atoms with Gasteiger partial charge in [-0.05, 0) is 43.2 Å². The van der Waals surface area contributed by atoms with Crippen LogP contribution in [-0.2, 0) is 16.0 Å². The van der Waals surface area contributed by atoms with Crippen LogP contribution in [0.4, 0.5) is 0 Å². The second kappa shape index (κ2) is 6.80. The van der Waals surface area contributed by atoms with Gasteiger partial charge in [0.1, 0.15) is 6.10 Å². The van der Waals surface area contributed by atoms with Crippen LogP contribution in [0, 0.1) is 0 Å². The lowest BCUT2D eigenvalue weighted by molar-refractivity contribution is -0.145. The summed E-state index contributed by atoms with van der Waals surface area (Å²) < 4.78 is 5.83. The van der Waals surface area contributed by atoms with Crippen molar-refractivity contribution in [3.8, 4) is 0 Å². The van der Waals surface area contributed by atoms with Crippen LogP contribution in [0.2, 0.25) is 0 Å². The molecule has 0 bridgehead atoms. The Labute approximate surface area is 132 Å². The Morgan fingerprint density at radius 2 is 2.14 bits per heavy atom. The summed E-state index contributed by atoms with van der Waals surface area (Å²) in [5.41, 5.74) is 8.37. The molecule has 1 amide bonds. The number of hydrogen-bond donors (Lipinski definition) is 1. The second-order valence-corrected chi connectivity index (χ2v) is 6.34. The van der Waals surface area contributed by atoms with Crippen molar-refractivity contribution in [3.05, 3.63) is 35.4 Å². The average Bonchev–Trinajstić information content (AvgIpc) is 3.19. The zero-order valence-electron chi connectivity index (χ0n) is 13.3. The van der Waals surface area contributed by atoms with Crippen LogP contribution in [0.25, 0.3) is 0 Å². The van der Waals surface area contributed by atoms with Crippen LogP contribution in [-0.4, -0.2) is 36.1 Å². The van der Waals surface area contributed by atoms with Gasteiger partial charge in [0.15, 0.2) is 0 Å². The number of ether oxygens (including phenoxy) is 1. The fourth-order valence-electron chi connectivity index (χ4n) is 3.76. The van der Waals surface area contributed by atoms with Gasteiger partial charge >= 0.3 is 0 Å². The predicted octanol–water partition coefficient (Wildman–Crippen LogP) is 2.42. The summed E-state index contributed by atoms with van der Waals surface area (Å²) in [6.07, 6.45) is 4.51. The summed E-state index contributed by atoms with van der Waals surface area (Å²) >= 11 is 0. The Morgan fingerprint density at radius 3 is 2.86 bits per heavy atom. The van der Waals surface area contributed by atoms with Gasteiger partial charge in [0.2, 0.25) is 0 Å². The van der Waals surface area contributed by atoms with Gasteiger partial charge in [-0.15, -0.1) is 0 Å². The number of rotatable bonds is 5. The van der Waals surface area contributed by atoms with E-state index in [2.05, 4.69) is 36.1 Å². The minimum absolute atomic E-state index is 0.0493. The van der Waals surface area contributed by atoms with Crippen molar-refractivity contribution in [3.63, 3.8) is 0 Å². The first-order valence-corrected chi connectivity index (χ1v) is 8.48. The molecule has 1 saturated heterocycles. The van der Waals surface area contributed by atoms with Crippen LogP contribution in [0.5, 0.6) is 0 Å². The lowest BCUT2D eigenvalue weighted by atomic mass is 10.1. The van der Waals surface area contributed by atoms with E-state index < -0.39 is 0 Å². The van der Waals surface area contributed by atoms with Crippen molar-refractivity contribution in [2.75, 3.05) is 13.1 Å². The summed E-state index contributed by atoms with van der Waals surface area (Å²) in [6.45, 7) is 3.42. The minimum atomic E-state index is -0.298. The SMILES string of the molecule is CCCN(C(=O)[C@@H]1CC[C@H](CN)O1)C1CCc2ccccc21. The molecule has 0 saturated carbocycles. The molecule has 120 valence electrons. The molecule has 0 radical (unpaired) electrons. The Morgan fingerprint density at radius 1 is 1.32 bits per heavy atom. The molecule has 1 fully saturated rings. The van der Waals surface area contributed by atoms with E-state index in [1.54, 1.807) is 0 Å². The molecule has 4 nitrogen and oxygen atoms in total. The normalized spacial score (nSPS) is 26.9. The maximum atomic E-state index is 13.0. The van der Waals surface area contributed by atoms with Crippen molar-refractivity contribution in [1.29, 1.82) is 0 Å². The second-order valence-electron chi connectivity index (χ2n) is 6.34. The maximum Gasteiger partial charge on any atom is 0.252 e. The molecule has 1 aromatic rings. The van der Waals surface area contributed by atoms with Crippen molar-refractivity contribution in [2.24, 2.45) is 5.73 Å². The van der Waals surface area contributed by atoms with E-state index in [9.17, 15) is 4.79 Å². The number of hydrogen-bond acceptors (Lipinski definition) is 3. The number of carbonyl (C=O) groups is 1. The van der Waals surface area contributed by atoms with E-state index in [-0.39, 0.29) is 24.2 Å². The zero-order valence-corrected chi connectivity index (χ0v) is 13.3. The molecule has 3 atom stereocenters. The summed E-state index contributed by atoms with van der Waals surface area (Å²) in [5, 5.41) is 0. The van der Waals surface area contributed by atoms with E-state index >= 15 is 0 Å². The van der Waals surface area contributed by atoms with E-state index in [1.165, 1.54) is 11.1 Å². The highest BCUT2D eigenvalue weighted by atomic mass is 16.5. The third-order valence-electron chi connectivity index (χ3n) is 4.87. The third kappa shape index (κ3) is 2.90. The van der Waals surface area contributed by atoms with Crippen LogP contribution in [0.1, 0.15) is 49.8 Å². The zero-order chi connectivity index (χ0) is 15.5. The van der Waals surface area contributed by atoms with Crippen LogP contribution in [0.3, 0.4) is 0 Å². The lowest BCUT2D eigenvalue weighted by Crippen LogP contribution is -2.42. The monoisotopic (exact) mass is 302 g/mol. The van der Waals surface area contributed by atoms with Gasteiger partial charge in [0.25, 0.3) is 5.91 Å². The number of aryl methyl sites for hydroxylation is 1. The van der Waals surface area contributed by atoms with Gasteiger partial charge in [-0.2, -0.15) is 0 Å². The molecule has 1 aliphatic carbocycles. The van der Waals surface area contributed by atoms with Crippen LogP contribution in [0.15, 0.2) is 24.3 Å². The highest BCUT2D eigenvalue weighted by molar-refractivity contribution is 5.82. The van der Waals surface area contributed by atoms with Crippen LogP contribution >= 0.6 is 0 Å². The smallest absolute Gasteiger partial charge is 0.252 e. The number of fused-ring (bicyclic) bond motifs is 1. The molecule has 1 aliphatic heterocycles. The lowest BCUT2D eigenvalue weighted by Gasteiger charge is -2.31. The Hall–Kier alpha value is -1.39. The van der Waals surface area contributed by atoms with Gasteiger partial charge in [0.05, 0.1) is 12.1 Å². The molecule has 3 rings (SSSR count). The first-order chi connectivity index (χ1) is 10.7. The van der Waals surface area contributed by atoms with Gasteiger partial charge in [-0.3, -0.25) is 4.79 Å². The predicted molar refractivity (Wildman–Crippen MR) is 86.5 cm³/mol. The maximum absolute atomic E-state index is 13.0. The molecule has 4 heteroatoms. The number of carbonyl (C=O) groups excluding carboxylic acids is 1. The summed E-state index contributed by atoms with van der Waals surface area (Å²) in [7, 11) is 0. The quantitative estimate of drug-likeness (QED) is 0.909. The summed E-state index contributed by atoms with van der Waals surface area (Å²) in [4.78, 5) is 15.0. The standard InChI is InChI=1S/C18H26N2O2/c1-2-11-20(18(21)17-10-8-14(12-19)22-17)16-9-7-13-5-3-4-6-15(13)16/h3-6,14,16-17H,2,7-12,19H2,1H3/t14-,16?,17+/m1/s1.